The van der Waals surface area contributed by atoms with E-state index < -0.39 is 0 Å². The van der Waals surface area contributed by atoms with Gasteiger partial charge in [-0.15, -0.1) is 0 Å². The molecule has 5 nitrogen and oxygen atoms in total. The standard InChI is InChI=1S/C17H26N4O/c1-13-11-16(21-9-5-2-6-10-21)20-15(19-13)12-18-17(22)14-7-3-4-8-14/h11,14H,2-10,12H2,1H3,(H,18,22). The maximum absolute atomic E-state index is 12.1. The molecule has 120 valence electrons. The van der Waals surface area contributed by atoms with Crippen molar-refractivity contribution >= 4 is 11.7 Å². The highest BCUT2D eigenvalue weighted by Crippen LogP contribution is 2.24. The third-order valence-corrected chi connectivity index (χ3v) is 4.71. The molecule has 0 atom stereocenters. The lowest BCUT2D eigenvalue weighted by molar-refractivity contribution is -0.125. The number of amides is 1. The van der Waals surface area contributed by atoms with Gasteiger partial charge in [-0.2, -0.15) is 0 Å². The van der Waals surface area contributed by atoms with Crippen LogP contribution in [0.4, 0.5) is 5.82 Å². The summed E-state index contributed by atoms with van der Waals surface area (Å²) < 4.78 is 0. The summed E-state index contributed by atoms with van der Waals surface area (Å²) in [6.07, 6.45) is 8.19. The van der Waals surface area contributed by atoms with E-state index in [0.29, 0.717) is 6.54 Å². The molecule has 1 aliphatic heterocycles. The number of anilines is 1. The molecule has 1 aromatic heterocycles. The summed E-state index contributed by atoms with van der Waals surface area (Å²) in [7, 11) is 0. The number of rotatable bonds is 4. The van der Waals surface area contributed by atoms with Crippen LogP contribution in [-0.4, -0.2) is 29.0 Å². The Morgan fingerprint density at radius 3 is 2.64 bits per heavy atom. The number of hydrogen-bond donors (Lipinski definition) is 1. The molecule has 1 amide bonds. The molecule has 2 aliphatic rings. The lowest BCUT2D eigenvalue weighted by Gasteiger charge is -2.28. The van der Waals surface area contributed by atoms with Crippen molar-refractivity contribution in [1.29, 1.82) is 0 Å². The summed E-state index contributed by atoms with van der Waals surface area (Å²) in [4.78, 5) is 23.6. The Kier molecular flexibility index (Phi) is 4.90. The molecule has 0 aromatic carbocycles. The van der Waals surface area contributed by atoms with E-state index >= 15 is 0 Å². The van der Waals surface area contributed by atoms with Gasteiger partial charge in [-0.3, -0.25) is 4.79 Å². The van der Waals surface area contributed by atoms with Gasteiger partial charge >= 0.3 is 0 Å². The Morgan fingerprint density at radius 1 is 1.18 bits per heavy atom. The smallest absolute Gasteiger partial charge is 0.223 e. The summed E-state index contributed by atoms with van der Waals surface area (Å²) in [5, 5.41) is 3.02. The lowest BCUT2D eigenvalue weighted by atomic mass is 10.1. The Hall–Kier alpha value is -1.65. The van der Waals surface area contributed by atoms with Crippen molar-refractivity contribution < 1.29 is 4.79 Å². The second-order valence-electron chi connectivity index (χ2n) is 6.53. The normalized spacial score (nSPS) is 19.4. The largest absolute Gasteiger partial charge is 0.357 e. The number of nitrogens with zero attached hydrogens (tertiary/aromatic N) is 3. The van der Waals surface area contributed by atoms with Crippen LogP contribution in [0.25, 0.3) is 0 Å². The first-order valence-corrected chi connectivity index (χ1v) is 8.59. The van der Waals surface area contributed by atoms with Gasteiger partial charge in [0.05, 0.1) is 6.54 Å². The Morgan fingerprint density at radius 2 is 1.91 bits per heavy atom. The van der Waals surface area contributed by atoms with Crippen molar-refractivity contribution in [3.63, 3.8) is 0 Å². The van der Waals surface area contributed by atoms with Crippen molar-refractivity contribution in [2.75, 3.05) is 18.0 Å². The predicted molar refractivity (Wildman–Crippen MR) is 86.6 cm³/mol. The summed E-state index contributed by atoms with van der Waals surface area (Å²) in [6.45, 7) is 4.59. The molecule has 1 saturated heterocycles. The monoisotopic (exact) mass is 302 g/mol. The number of aryl methyl sites for hydroxylation is 1. The lowest BCUT2D eigenvalue weighted by Crippen LogP contribution is -2.32. The molecule has 1 N–H and O–H groups in total. The zero-order valence-corrected chi connectivity index (χ0v) is 13.5. The molecular weight excluding hydrogens is 276 g/mol. The minimum atomic E-state index is 0.169. The number of carbonyl (C=O) groups is 1. The summed E-state index contributed by atoms with van der Waals surface area (Å²) in [5.74, 6) is 2.11. The molecule has 5 heteroatoms. The van der Waals surface area contributed by atoms with Crippen LogP contribution < -0.4 is 10.2 Å². The first-order chi connectivity index (χ1) is 10.7. The van der Waals surface area contributed by atoms with E-state index in [9.17, 15) is 4.79 Å². The van der Waals surface area contributed by atoms with E-state index in [1.54, 1.807) is 0 Å². The van der Waals surface area contributed by atoms with E-state index in [0.717, 1.165) is 43.3 Å². The van der Waals surface area contributed by atoms with E-state index in [4.69, 9.17) is 0 Å². The molecule has 1 saturated carbocycles. The number of hydrogen-bond acceptors (Lipinski definition) is 4. The van der Waals surface area contributed by atoms with Crippen LogP contribution in [-0.2, 0) is 11.3 Å². The third kappa shape index (κ3) is 3.76. The minimum absolute atomic E-state index is 0.169. The molecule has 0 spiro atoms. The van der Waals surface area contributed by atoms with Gasteiger partial charge < -0.3 is 10.2 Å². The maximum Gasteiger partial charge on any atom is 0.223 e. The molecule has 0 unspecified atom stereocenters. The second-order valence-corrected chi connectivity index (χ2v) is 6.53. The van der Waals surface area contributed by atoms with Gasteiger partial charge in [0, 0.05) is 30.8 Å². The summed E-state index contributed by atoms with van der Waals surface area (Å²) in [5.41, 5.74) is 0.973. The fourth-order valence-electron chi connectivity index (χ4n) is 3.47. The maximum atomic E-state index is 12.1. The summed E-state index contributed by atoms with van der Waals surface area (Å²) >= 11 is 0. The van der Waals surface area contributed by atoms with Crippen molar-refractivity contribution in [1.82, 2.24) is 15.3 Å². The van der Waals surface area contributed by atoms with E-state index in [-0.39, 0.29) is 11.8 Å². The molecule has 2 fully saturated rings. The topological polar surface area (TPSA) is 58.1 Å². The summed E-state index contributed by atoms with van der Waals surface area (Å²) in [6, 6.07) is 2.05. The molecule has 0 radical (unpaired) electrons. The van der Waals surface area contributed by atoms with Crippen LogP contribution in [0.2, 0.25) is 0 Å². The van der Waals surface area contributed by atoms with Crippen LogP contribution in [0.5, 0.6) is 0 Å². The SMILES string of the molecule is Cc1cc(N2CCCCC2)nc(CNC(=O)C2CCCC2)n1. The van der Waals surface area contributed by atoms with Gasteiger partial charge in [-0.25, -0.2) is 9.97 Å². The number of carbonyl (C=O) groups excluding carboxylic acids is 1. The first-order valence-electron chi connectivity index (χ1n) is 8.59. The highest BCUT2D eigenvalue weighted by molar-refractivity contribution is 5.78. The zero-order chi connectivity index (χ0) is 15.4. The highest BCUT2D eigenvalue weighted by atomic mass is 16.1. The van der Waals surface area contributed by atoms with Crippen molar-refractivity contribution in [2.24, 2.45) is 5.92 Å². The van der Waals surface area contributed by atoms with Crippen LogP contribution in [0, 0.1) is 12.8 Å². The van der Waals surface area contributed by atoms with E-state index in [2.05, 4.69) is 20.2 Å². The van der Waals surface area contributed by atoms with Crippen molar-refractivity contribution in [2.45, 2.75) is 58.4 Å². The zero-order valence-electron chi connectivity index (χ0n) is 13.5. The van der Waals surface area contributed by atoms with E-state index in [1.807, 2.05) is 13.0 Å². The molecule has 1 aromatic rings. The van der Waals surface area contributed by atoms with Gasteiger partial charge in [0.15, 0.2) is 0 Å². The molecule has 0 bridgehead atoms. The quantitative estimate of drug-likeness (QED) is 0.928. The molecular formula is C17H26N4O. The van der Waals surface area contributed by atoms with Crippen LogP contribution in [0.1, 0.15) is 56.5 Å². The molecule has 22 heavy (non-hydrogen) atoms. The van der Waals surface area contributed by atoms with Crippen LogP contribution >= 0.6 is 0 Å². The van der Waals surface area contributed by atoms with Crippen LogP contribution in [0.15, 0.2) is 6.07 Å². The third-order valence-electron chi connectivity index (χ3n) is 4.71. The fraction of sp³-hybridized carbons (Fsp3) is 0.706. The van der Waals surface area contributed by atoms with Crippen molar-refractivity contribution in [3.8, 4) is 0 Å². The molecule has 3 rings (SSSR count). The second kappa shape index (κ2) is 7.07. The Balaban J connectivity index is 1.62. The highest BCUT2D eigenvalue weighted by Gasteiger charge is 2.22. The molecule has 1 aliphatic carbocycles. The Bertz CT molecular complexity index is 519. The van der Waals surface area contributed by atoms with Crippen LogP contribution in [0.3, 0.4) is 0 Å². The first kappa shape index (κ1) is 15.3. The van der Waals surface area contributed by atoms with Gasteiger partial charge in [0.2, 0.25) is 5.91 Å². The average molecular weight is 302 g/mol. The van der Waals surface area contributed by atoms with Gasteiger partial charge in [0.25, 0.3) is 0 Å². The van der Waals surface area contributed by atoms with Gasteiger partial charge in [0.1, 0.15) is 11.6 Å². The average Bonchev–Trinajstić information content (AvgIpc) is 3.07. The number of piperidine rings is 1. The van der Waals surface area contributed by atoms with Crippen molar-refractivity contribution in [3.05, 3.63) is 17.6 Å². The Labute approximate surface area is 132 Å². The van der Waals surface area contributed by atoms with E-state index in [1.165, 1.54) is 32.1 Å². The number of aromatic nitrogens is 2. The minimum Gasteiger partial charge on any atom is -0.357 e. The van der Waals surface area contributed by atoms with Gasteiger partial charge in [-0.05, 0) is 39.0 Å². The predicted octanol–water partition coefficient (Wildman–Crippen LogP) is 2.58. The molecule has 2 heterocycles. The fourth-order valence-corrected chi connectivity index (χ4v) is 3.47. The van der Waals surface area contributed by atoms with Gasteiger partial charge in [-0.1, -0.05) is 12.8 Å². The number of nitrogens with one attached hydrogen (secondary N) is 1.